The van der Waals surface area contributed by atoms with Gasteiger partial charge in [-0.1, -0.05) is 27.2 Å². The van der Waals surface area contributed by atoms with Crippen molar-refractivity contribution in [1.82, 2.24) is 4.90 Å². The number of nitrogens with zero attached hydrogens (tertiary/aromatic N) is 2. The van der Waals surface area contributed by atoms with Gasteiger partial charge in [0, 0.05) is 6.04 Å². The number of aliphatic imine (C=N–C) groups is 1. The average molecular weight is 299 g/mol. The summed E-state index contributed by atoms with van der Waals surface area (Å²) in [6, 6.07) is -0.0647. The van der Waals surface area contributed by atoms with Gasteiger partial charge in [-0.3, -0.25) is 19.6 Å². The van der Waals surface area contributed by atoms with E-state index in [1.807, 2.05) is 27.7 Å². The fourth-order valence-electron chi connectivity index (χ4n) is 2.92. The second-order valence-electron chi connectivity index (χ2n) is 5.60. The van der Waals surface area contributed by atoms with Crippen LogP contribution in [0.3, 0.4) is 0 Å². The summed E-state index contributed by atoms with van der Waals surface area (Å²) in [4.78, 5) is 31.2. The van der Waals surface area contributed by atoms with E-state index in [9.17, 15) is 9.59 Å². The maximum Gasteiger partial charge on any atom is 0.264 e. The van der Waals surface area contributed by atoms with E-state index >= 15 is 0 Å². The Morgan fingerprint density at radius 3 is 2.30 bits per heavy atom. The smallest absolute Gasteiger partial charge is 0.264 e. The minimum Gasteiger partial charge on any atom is -0.287 e. The van der Waals surface area contributed by atoms with Gasteiger partial charge >= 0.3 is 0 Å². The normalized spacial score (nSPS) is 25.1. The van der Waals surface area contributed by atoms with Crippen LogP contribution in [0.25, 0.3) is 0 Å². The zero-order valence-corrected chi connectivity index (χ0v) is 13.8. The number of hydrogen-bond acceptors (Lipinski definition) is 4. The summed E-state index contributed by atoms with van der Waals surface area (Å²) in [6.45, 7) is 9.73. The Labute approximate surface area is 125 Å². The first-order valence-electron chi connectivity index (χ1n) is 7.20. The molecule has 2 N–H and O–H groups in total. The minimum atomic E-state index is -1.03. The van der Waals surface area contributed by atoms with Gasteiger partial charge in [0.2, 0.25) is 5.91 Å². The molecule has 0 bridgehead atoms. The molecule has 0 aromatic rings. The molecule has 1 rings (SSSR count). The van der Waals surface area contributed by atoms with Gasteiger partial charge < -0.3 is 0 Å². The average Bonchev–Trinajstić information content (AvgIpc) is 2.38. The molecule has 1 heterocycles. The fraction of sp³-hybridized carbons (Fsp3) is 0.786. The molecule has 1 aliphatic heterocycles. The topological polar surface area (TPSA) is 75.8 Å². The Bertz CT molecular complexity index is 423. The number of carbonyl (C=O) groups excluding carboxylic acids is 2. The number of nitrogens with two attached hydrogens (primary N) is 1. The highest BCUT2D eigenvalue weighted by Gasteiger charge is 2.54. The van der Waals surface area contributed by atoms with Crippen molar-refractivity contribution in [1.29, 1.82) is 0 Å². The van der Waals surface area contributed by atoms with E-state index < -0.39 is 5.41 Å². The predicted molar refractivity (Wildman–Crippen MR) is 83.0 cm³/mol. The molecule has 0 saturated heterocycles. The molecule has 0 radical (unpaired) electrons. The van der Waals surface area contributed by atoms with Crippen molar-refractivity contribution in [3.8, 4) is 0 Å². The highest BCUT2D eigenvalue weighted by Crippen LogP contribution is 2.41. The van der Waals surface area contributed by atoms with Crippen molar-refractivity contribution in [2.24, 2.45) is 21.5 Å². The van der Waals surface area contributed by atoms with Crippen LogP contribution in [-0.4, -0.2) is 27.9 Å². The van der Waals surface area contributed by atoms with Crippen molar-refractivity contribution < 1.29 is 9.59 Å². The maximum absolute atomic E-state index is 13.0. The molecule has 2 unspecified atom stereocenters. The third-order valence-electron chi connectivity index (χ3n) is 4.13. The van der Waals surface area contributed by atoms with Crippen molar-refractivity contribution in [2.45, 2.75) is 59.9 Å². The van der Waals surface area contributed by atoms with Gasteiger partial charge in [0.1, 0.15) is 5.41 Å². The first-order valence-corrected chi connectivity index (χ1v) is 8.08. The summed E-state index contributed by atoms with van der Waals surface area (Å²) < 4.78 is 0. The van der Waals surface area contributed by atoms with E-state index in [4.69, 9.17) is 5.14 Å². The second kappa shape index (κ2) is 6.72. The summed E-state index contributed by atoms with van der Waals surface area (Å²) in [5.74, 6) is -0.508. The third-order valence-corrected chi connectivity index (χ3v) is 4.63. The largest absolute Gasteiger partial charge is 0.287 e. The first-order chi connectivity index (χ1) is 9.36. The summed E-state index contributed by atoms with van der Waals surface area (Å²) in [7, 11) is 0. The van der Waals surface area contributed by atoms with E-state index in [0.717, 1.165) is 24.8 Å². The van der Waals surface area contributed by atoms with Crippen LogP contribution in [0, 0.1) is 11.3 Å². The zero-order chi connectivity index (χ0) is 15.5. The Balaban J connectivity index is 3.36. The highest BCUT2D eigenvalue weighted by molar-refractivity contribution is 8.11. The molecule has 0 fully saturated rings. The lowest BCUT2D eigenvalue weighted by Crippen LogP contribution is -2.58. The molecule has 0 aliphatic carbocycles. The molecule has 114 valence electrons. The van der Waals surface area contributed by atoms with Crippen LogP contribution in [-0.2, 0) is 9.59 Å². The lowest BCUT2D eigenvalue weighted by molar-refractivity contribution is -0.153. The summed E-state index contributed by atoms with van der Waals surface area (Å²) in [5, 5.41) is 5.87. The van der Waals surface area contributed by atoms with Crippen LogP contribution >= 0.6 is 11.9 Å². The summed E-state index contributed by atoms with van der Waals surface area (Å²) >= 11 is 0.860. The Morgan fingerprint density at radius 1 is 1.30 bits per heavy atom. The molecule has 0 saturated carbocycles. The highest BCUT2D eigenvalue weighted by atomic mass is 32.2. The lowest BCUT2D eigenvalue weighted by Gasteiger charge is -2.42. The van der Waals surface area contributed by atoms with Gasteiger partial charge in [-0.15, -0.1) is 0 Å². The van der Waals surface area contributed by atoms with E-state index in [2.05, 4.69) is 11.9 Å². The number of carbonyl (C=O) groups is 2. The van der Waals surface area contributed by atoms with Gasteiger partial charge in [0.05, 0.1) is 0 Å². The maximum atomic E-state index is 13.0. The van der Waals surface area contributed by atoms with Crippen LogP contribution in [0.5, 0.6) is 0 Å². The molecule has 0 aromatic carbocycles. The van der Waals surface area contributed by atoms with Gasteiger partial charge in [-0.05, 0) is 44.6 Å². The third kappa shape index (κ3) is 2.63. The van der Waals surface area contributed by atoms with E-state index in [-0.39, 0.29) is 23.8 Å². The SMILES string of the molecule is CCCC(C)C1(CC)C(=O)N=C(SN)N(C(C)C)C1=O. The predicted octanol–water partition coefficient (Wildman–Crippen LogP) is 2.56. The Hall–Kier alpha value is -0.880. The van der Waals surface area contributed by atoms with Gasteiger partial charge in [0.25, 0.3) is 5.91 Å². The van der Waals surface area contributed by atoms with Crippen molar-refractivity contribution in [3.05, 3.63) is 0 Å². The fourth-order valence-corrected chi connectivity index (χ4v) is 3.47. The van der Waals surface area contributed by atoms with Crippen LogP contribution in [0.4, 0.5) is 0 Å². The number of amides is 2. The van der Waals surface area contributed by atoms with Crippen molar-refractivity contribution in [2.75, 3.05) is 0 Å². The zero-order valence-electron chi connectivity index (χ0n) is 13.0. The standard InChI is InChI=1S/C14H25N3O2S/c1-6-8-10(5)14(7-2)11(18)16-13(20-15)17(9(3)4)12(14)19/h9-10H,6-8,15H2,1-5H3. The monoisotopic (exact) mass is 299 g/mol. The van der Waals surface area contributed by atoms with Gasteiger partial charge in [-0.25, -0.2) is 0 Å². The summed E-state index contributed by atoms with van der Waals surface area (Å²) in [5.41, 5.74) is -1.03. The summed E-state index contributed by atoms with van der Waals surface area (Å²) in [6.07, 6.45) is 2.24. The van der Waals surface area contributed by atoms with E-state index in [1.54, 1.807) is 4.90 Å². The van der Waals surface area contributed by atoms with E-state index in [1.165, 1.54) is 0 Å². The minimum absolute atomic E-state index is 0.0215. The molecular formula is C14H25N3O2S. The first kappa shape index (κ1) is 17.2. The number of amidine groups is 1. The molecular weight excluding hydrogens is 274 g/mol. The molecule has 5 nitrogen and oxygen atoms in total. The Kier molecular flexibility index (Phi) is 5.77. The van der Waals surface area contributed by atoms with Crippen LogP contribution in [0.1, 0.15) is 53.9 Å². The number of rotatable bonds is 5. The van der Waals surface area contributed by atoms with Crippen molar-refractivity contribution in [3.63, 3.8) is 0 Å². The molecule has 2 amide bonds. The molecule has 6 heteroatoms. The lowest BCUT2D eigenvalue weighted by atomic mass is 9.69. The molecule has 2 atom stereocenters. The van der Waals surface area contributed by atoms with E-state index in [0.29, 0.717) is 11.6 Å². The van der Waals surface area contributed by atoms with Gasteiger partial charge in [0.15, 0.2) is 5.17 Å². The van der Waals surface area contributed by atoms with Crippen LogP contribution in [0.2, 0.25) is 0 Å². The second-order valence-corrected chi connectivity index (χ2v) is 6.20. The quantitative estimate of drug-likeness (QED) is 0.625. The van der Waals surface area contributed by atoms with Crippen molar-refractivity contribution >= 4 is 28.9 Å². The molecule has 20 heavy (non-hydrogen) atoms. The molecule has 1 aliphatic rings. The van der Waals surface area contributed by atoms with Crippen LogP contribution in [0.15, 0.2) is 4.99 Å². The molecule has 0 spiro atoms. The Morgan fingerprint density at radius 2 is 1.90 bits per heavy atom. The molecule has 0 aromatic heterocycles. The van der Waals surface area contributed by atoms with Gasteiger partial charge in [-0.2, -0.15) is 4.99 Å². The number of hydrogen-bond donors (Lipinski definition) is 1. The van der Waals surface area contributed by atoms with Crippen LogP contribution < -0.4 is 5.14 Å².